The molecule has 48 heavy (non-hydrogen) atoms. The average molecular weight is 651 g/mol. The van der Waals surface area contributed by atoms with Crippen molar-refractivity contribution in [3.05, 3.63) is 70.3 Å². The fourth-order valence-electron chi connectivity index (χ4n) is 12.4. The van der Waals surface area contributed by atoms with Crippen molar-refractivity contribution in [2.45, 2.75) is 125 Å². The van der Waals surface area contributed by atoms with Gasteiger partial charge in [-0.3, -0.25) is 9.59 Å². The topological polar surface area (TPSA) is 60.4 Å². The summed E-state index contributed by atoms with van der Waals surface area (Å²) >= 11 is 0. The molecule has 7 rings (SSSR count). The highest BCUT2D eigenvalue weighted by molar-refractivity contribution is 6.28. The second-order valence-electron chi connectivity index (χ2n) is 17.6. The maximum Gasteiger partial charge on any atom is 0.338 e. The molecule has 0 aromatic heterocycles. The number of fused-ring (bicyclic) bond motifs is 7. The summed E-state index contributed by atoms with van der Waals surface area (Å²) in [6, 6.07) is 11.8. The summed E-state index contributed by atoms with van der Waals surface area (Å²) in [4.78, 5) is 39.8. The zero-order valence-electron chi connectivity index (χ0n) is 30.4. The number of ketones is 2. The van der Waals surface area contributed by atoms with E-state index in [9.17, 15) is 14.4 Å². The standard InChI is InChI=1S/C44H58O4/c1-7-28(26(2)3)13-12-27(4)37-18-19-38-35-17-15-30-25-31(20-22-43(30,5)39(35)21-23-44(37,38)6)48-42(47)29-14-16-34-36(24-29)41(46)33-11-9-8-10-32(33)40(34)45/h8-11,14,16,24,26-28,30-31,35,37-39H,7,12-13,15,17-23,25H2,1-6H3/t27-,28-,30?,31+,35+,37-,38+,39+,43+,44-/m1/s1. The van der Waals surface area contributed by atoms with Gasteiger partial charge in [-0.2, -0.15) is 0 Å². The van der Waals surface area contributed by atoms with Gasteiger partial charge in [0.1, 0.15) is 6.10 Å². The normalized spacial score (nSPS) is 35.1. The molecule has 4 saturated carbocycles. The van der Waals surface area contributed by atoms with Crippen LogP contribution in [0.1, 0.15) is 161 Å². The van der Waals surface area contributed by atoms with E-state index in [-0.39, 0.29) is 23.6 Å². The molecule has 0 bridgehead atoms. The van der Waals surface area contributed by atoms with E-state index in [4.69, 9.17) is 4.74 Å². The van der Waals surface area contributed by atoms with Gasteiger partial charge in [0, 0.05) is 22.3 Å². The molecule has 4 heteroatoms. The third-order valence-electron chi connectivity index (χ3n) is 15.3. The molecule has 0 spiro atoms. The molecule has 0 radical (unpaired) electrons. The molecule has 0 aliphatic heterocycles. The van der Waals surface area contributed by atoms with Gasteiger partial charge in [0.05, 0.1) is 5.56 Å². The van der Waals surface area contributed by atoms with E-state index < -0.39 is 0 Å². The Morgan fingerprint density at radius 3 is 2.17 bits per heavy atom. The van der Waals surface area contributed by atoms with Gasteiger partial charge >= 0.3 is 5.97 Å². The van der Waals surface area contributed by atoms with E-state index in [2.05, 4.69) is 41.5 Å². The summed E-state index contributed by atoms with van der Waals surface area (Å²) in [5, 5.41) is 0. The fraction of sp³-hybridized carbons (Fsp3) is 0.659. The van der Waals surface area contributed by atoms with E-state index in [0.717, 1.165) is 60.7 Å². The second kappa shape index (κ2) is 12.9. The lowest BCUT2D eigenvalue weighted by molar-refractivity contribution is -0.130. The van der Waals surface area contributed by atoms with Gasteiger partial charge in [-0.1, -0.05) is 78.6 Å². The van der Waals surface area contributed by atoms with Gasteiger partial charge in [0.15, 0.2) is 11.6 Å². The van der Waals surface area contributed by atoms with E-state index >= 15 is 0 Å². The Morgan fingerprint density at radius 2 is 1.46 bits per heavy atom. The molecule has 0 heterocycles. The van der Waals surface area contributed by atoms with Crippen LogP contribution in [-0.2, 0) is 4.74 Å². The third kappa shape index (κ3) is 5.52. The van der Waals surface area contributed by atoms with E-state index in [0.29, 0.717) is 44.6 Å². The number of carbonyl (C=O) groups is 3. The van der Waals surface area contributed by atoms with Crippen LogP contribution in [0.5, 0.6) is 0 Å². The first-order valence-corrected chi connectivity index (χ1v) is 19.5. The van der Waals surface area contributed by atoms with Crippen LogP contribution in [0.3, 0.4) is 0 Å². The van der Waals surface area contributed by atoms with E-state index in [1.54, 1.807) is 42.5 Å². The molecule has 258 valence electrons. The predicted molar refractivity (Wildman–Crippen MR) is 191 cm³/mol. The van der Waals surface area contributed by atoms with Crippen molar-refractivity contribution in [2.24, 2.45) is 58.2 Å². The number of carbonyl (C=O) groups excluding carboxylic acids is 3. The highest BCUT2D eigenvalue weighted by Crippen LogP contribution is 2.68. The highest BCUT2D eigenvalue weighted by atomic mass is 16.5. The Hall–Kier alpha value is -2.75. The van der Waals surface area contributed by atoms with Crippen molar-refractivity contribution in [1.29, 1.82) is 0 Å². The average Bonchev–Trinajstić information content (AvgIpc) is 3.44. The van der Waals surface area contributed by atoms with Crippen LogP contribution in [0.15, 0.2) is 42.5 Å². The fourth-order valence-corrected chi connectivity index (χ4v) is 12.4. The summed E-state index contributed by atoms with van der Waals surface area (Å²) < 4.78 is 6.18. The maximum absolute atomic E-state index is 13.5. The van der Waals surface area contributed by atoms with Gasteiger partial charge in [0.25, 0.3) is 0 Å². The van der Waals surface area contributed by atoms with Gasteiger partial charge in [0.2, 0.25) is 0 Å². The molecule has 0 N–H and O–H groups in total. The summed E-state index contributed by atoms with van der Waals surface area (Å²) in [5.74, 6) is 5.70. The first-order valence-electron chi connectivity index (χ1n) is 19.5. The first kappa shape index (κ1) is 33.7. The van der Waals surface area contributed by atoms with E-state index in [1.165, 1.54) is 57.8 Å². The number of rotatable bonds is 8. The second-order valence-corrected chi connectivity index (χ2v) is 17.6. The molecule has 5 aliphatic carbocycles. The van der Waals surface area contributed by atoms with Crippen LogP contribution >= 0.6 is 0 Å². The van der Waals surface area contributed by atoms with Gasteiger partial charge in [-0.05, 0) is 141 Å². The molecule has 4 nitrogen and oxygen atoms in total. The lowest BCUT2D eigenvalue weighted by Crippen LogP contribution is -2.54. The Morgan fingerprint density at radius 1 is 0.792 bits per heavy atom. The number of esters is 1. The molecule has 5 aliphatic rings. The molecular formula is C44H58O4. The minimum atomic E-state index is -0.377. The van der Waals surface area contributed by atoms with Crippen LogP contribution in [-0.4, -0.2) is 23.6 Å². The Bertz CT molecular complexity index is 1570. The molecule has 10 atom stereocenters. The Kier molecular flexibility index (Phi) is 9.03. The lowest BCUT2D eigenvalue weighted by atomic mass is 9.44. The summed E-state index contributed by atoms with van der Waals surface area (Å²) in [6.45, 7) is 15.0. The first-order chi connectivity index (χ1) is 23.0. The molecule has 2 aromatic rings. The molecular weight excluding hydrogens is 592 g/mol. The van der Waals surface area contributed by atoms with Crippen molar-refractivity contribution in [2.75, 3.05) is 0 Å². The predicted octanol–water partition coefficient (Wildman–Crippen LogP) is 10.7. The van der Waals surface area contributed by atoms with Gasteiger partial charge in [-0.25, -0.2) is 4.79 Å². The monoisotopic (exact) mass is 650 g/mol. The summed E-state index contributed by atoms with van der Waals surface area (Å²) in [7, 11) is 0. The summed E-state index contributed by atoms with van der Waals surface area (Å²) in [6.07, 6.45) is 15.2. The van der Waals surface area contributed by atoms with Crippen molar-refractivity contribution in [1.82, 2.24) is 0 Å². The third-order valence-corrected chi connectivity index (χ3v) is 15.3. The van der Waals surface area contributed by atoms with Crippen molar-refractivity contribution < 1.29 is 19.1 Å². The van der Waals surface area contributed by atoms with Crippen LogP contribution in [0.2, 0.25) is 0 Å². The minimum absolute atomic E-state index is 0.0930. The molecule has 2 aromatic carbocycles. The number of hydrogen-bond donors (Lipinski definition) is 0. The maximum atomic E-state index is 13.5. The molecule has 0 saturated heterocycles. The number of ether oxygens (including phenoxy) is 1. The smallest absolute Gasteiger partial charge is 0.338 e. The summed E-state index contributed by atoms with van der Waals surface area (Å²) in [5.41, 5.74) is 2.68. The van der Waals surface area contributed by atoms with E-state index in [1.807, 2.05) is 0 Å². The Labute approximate surface area is 289 Å². The molecule has 1 unspecified atom stereocenters. The van der Waals surface area contributed by atoms with Gasteiger partial charge in [-0.15, -0.1) is 0 Å². The van der Waals surface area contributed by atoms with Crippen LogP contribution in [0.4, 0.5) is 0 Å². The van der Waals surface area contributed by atoms with Crippen molar-refractivity contribution in [3.63, 3.8) is 0 Å². The van der Waals surface area contributed by atoms with Crippen LogP contribution in [0, 0.1) is 58.2 Å². The quantitative estimate of drug-likeness (QED) is 0.228. The lowest BCUT2D eigenvalue weighted by Gasteiger charge is -2.61. The molecule has 4 fully saturated rings. The highest BCUT2D eigenvalue weighted by Gasteiger charge is 2.60. The van der Waals surface area contributed by atoms with Crippen molar-refractivity contribution in [3.8, 4) is 0 Å². The molecule has 0 amide bonds. The minimum Gasteiger partial charge on any atom is -0.459 e. The van der Waals surface area contributed by atoms with Gasteiger partial charge < -0.3 is 4.74 Å². The van der Waals surface area contributed by atoms with Crippen LogP contribution < -0.4 is 0 Å². The SMILES string of the molecule is CC[C@H](CC[C@@H](C)[C@H]1CC[C@H]2[C@@H]3CCC4C[C@@H](OC(=O)c5ccc6c(c5)C(=O)c5ccccc5C6=O)CC[C@]4(C)[C@H]3CC[C@]12C)C(C)C. The Balaban J connectivity index is 0.990. The number of benzene rings is 2. The largest absolute Gasteiger partial charge is 0.459 e. The number of hydrogen-bond acceptors (Lipinski definition) is 4. The zero-order chi connectivity index (χ0) is 34.0. The van der Waals surface area contributed by atoms with Crippen LogP contribution in [0.25, 0.3) is 0 Å². The zero-order valence-corrected chi connectivity index (χ0v) is 30.4. The van der Waals surface area contributed by atoms with Crippen molar-refractivity contribution >= 4 is 17.5 Å².